The standard InChI is InChI=1S/C14H10FIN2O3/c1-8-11(15)3-2-4-13(8)17-14(19)10-7-9(18(20)21)5-6-12(10)16/h2-7H,1H3,(H,17,19). The number of hydrogen-bond acceptors (Lipinski definition) is 3. The largest absolute Gasteiger partial charge is 0.322 e. The van der Waals surface area contributed by atoms with E-state index in [0.29, 0.717) is 14.8 Å². The van der Waals surface area contributed by atoms with Gasteiger partial charge in [-0.25, -0.2) is 4.39 Å². The number of hydrogen-bond donors (Lipinski definition) is 1. The first kappa shape index (κ1) is 15.4. The fraction of sp³-hybridized carbons (Fsp3) is 0.0714. The Morgan fingerprint density at radius 1 is 1.33 bits per heavy atom. The molecule has 0 radical (unpaired) electrons. The highest BCUT2D eigenvalue weighted by Gasteiger charge is 2.16. The van der Waals surface area contributed by atoms with Gasteiger partial charge in [0.25, 0.3) is 11.6 Å². The zero-order valence-corrected chi connectivity index (χ0v) is 13.0. The Bertz CT molecular complexity index is 734. The van der Waals surface area contributed by atoms with Gasteiger partial charge in [0.2, 0.25) is 0 Å². The van der Waals surface area contributed by atoms with Crippen LogP contribution in [0, 0.1) is 26.4 Å². The number of halogens is 2. The molecule has 0 heterocycles. The molecule has 0 aromatic heterocycles. The van der Waals surface area contributed by atoms with Crippen molar-refractivity contribution in [3.63, 3.8) is 0 Å². The summed E-state index contributed by atoms with van der Waals surface area (Å²) in [5, 5.41) is 13.3. The van der Waals surface area contributed by atoms with Crippen molar-refractivity contribution in [3.8, 4) is 0 Å². The highest BCUT2D eigenvalue weighted by atomic mass is 127. The number of non-ortho nitro benzene ring substituents is 1. The van der Waals surface area contributed by atoms with Crippen molar-refractivity contribution in [2.45, 2.75) is 6.92 Å². The molecule has 1 N–H and O–H groups in total. The van der Waals surface area contributed by atoms with Gasteiger partial charge < -0.3 is 5.32 Å². The van der Waals surface area contributed by atoms with Crippen LogP contribution < -0.4 is 5.32 Å². The van der Waals surface area contributed by atoms with Gasteiger partial charge in [-0.05, 0) is 47.7 Å². The van der Waals surface area contributed by atoms with Gasteiger partial charge in [-0.2, -0.15) is 0 Å². The molecule has 0 aliphatic heterocycles. The Labute approximate surface area is 133 Å². The topological polar surface area (TPSA) is 72.2 Å². The highest BCUT2D eigenvalue weighted by Crippen LogP contribution is 2.22. The average molecular weight is 400 g/mol. The van der Waals surface area contributed by atoms with Gasteiger partial charge in [0, 0.05) is 27.0 Å². The number of nitro benzene ring substituents is 1. The Balaban J connectivity index is 2.34. The molecule has 0 aliphatic carbocycles. The number of carbonyl (C=O) groups excluding carboxylic acids is 1. The van der Waals surface area contributed by atoms with Gasteiger partial charge in [0.15, 0.2) is 0 Å². The Kier molecular flexibility index (Phi) is 4.51. The second kappa shape index (κ2) is 6.17. The second-order valence-corrected chi connectivity index (χ2v) is 5.45. The van der Waals surface area contributed by atoms with E-state index in [1.165, 1.54) is 30.3 Å². The summed E-state index contributed by atoms with van der Waals surface area (Å²) in [5.41, 5.74) is 0.651. The molecular weight excluding hydrogens is 390 g/mol. The van der Waals surface area contributed by atoms with Crippen LogP contribution in [-0.4, -0.2) is 10.8 Å². The lowest BCUT2D eigenvalue weighted by atomic mass is 10.1. The summed E-state index contributed by atoms with van der Waals surface area (Å²) in [4.78, 5) is 22.4. The maximum Gasteiger partial charge on any atom is 0.270 e. The number of nitro groups is 1. The molecule has 5 nitrogen and oxygen atoms in total. The fourth-order valence-corrected chi connectivity index (χ4v) is 2.31. The van der Waals surface area contributed by atoms with Crippen molar-refractivity contribution >= 4 is 39.9 Å². The second-order valence-electron chi connectivity index (χ2n) is 4.29. The molecule has 1 amide bonds. The van der Waals surface area contributed by atoms with Gasteiger partial charge in [-0.1, -0.05) is 6.07 Å². The molecule has 0 spiro atoms. The minimum absolute atomic E-state index is 0.170. The van der Waals surface area contributed by atoms with E-state index in [-0.39, 0.29) is 11.3 Å². The van der Waals surface area contributed by atoms with Crippen molar-refractivity contribution in [2.24, 2.45) is 0 Å². The van der Waals surface area contributed by atoms with Crippen molar-refractivity contribution in [2.75, 3.05) is 5.32 Å². The zero-order chi connectivity index (χ0) is 15.6. The normalized spacial score (nSPS) is 10.2. The minimum atomic E-state index is -0.569. The van der Waals surface area contributed by atoms with Crippen LogP contribution in [0.25, 0.3) is 0 Å². The number of carbonyl (C=O) groups is 1. The van der Waals surface area contributed by atoms with E-state index in [1.54, 1.807) is 13.0 Å². The van der Waals surface area contributed by atoms with Crippen molar-refractivity contribution in [1.82, 2.24) is 0 Å². The lowest BCUT2D eigenvalue weighted by molar-refractivity contribution is -0.384. The molecule has 0 aliphatic rings. The minimum Gasteiger partial charge on any atom is -0.322 e. The number of amides is 1. The lowest BCUT2D eigenvalue weighted by Crippen LogP contribution is -2.15. The van der Waals surface area contributed by atoms with Crippen LogP contribution in [0.3, 0.4) is 0 Å². The molecule has 7 heteroatoms. The van der Waals surface area contributed by atoms with Crippen LogP contribution in [-0.2, 0) is 0 Å². The molecular formula is C14H10FIN2O3. The summed E-state index contributed by atoms with van der Waals surface area (Å²) in [6.45, 7) is 1.54. The molecule has 0 fully saturated rings. The average Bonchev–Trinajstić information content (AvgIpc) is 2.44. The van der Waals surface area contributed by atoms with Crippen LogP contribution in [0.4, 0.5) is 15.8 Å². The van der Waals surface area contributed by atoms with Crippen molar-refractivity contribution in [3.05, 3.63) is 67.0 Å². The van der Waals surface area contributed by atoms with E-state index in [4.69, 9.17) is 0 Å². The van der Waals surface area contributed by atoms with Gasteiger partial charge in [-0.15, -0.1) is 0 Å². The summed E-state index contributed by atoms with van der Waals surface area (Å²) in [5.74, 6) is -0.946. The molecule has 108 valence electrons. The molecule has 2 rings (SSSR count). The molecule has 0 saturated heterocycles. The number of rotatable bonds is 3. The van der Waals surface area contributed by atoms with E-state index < -0.39 is 16.6 Å². The molecule has 0 saturated carbocycles. The summed E-state index contributed by atoms with van der Waals surface area (Å²) >= 11 is 1.92. The van der Waals surface area contributed by atoms with Gasteiger partial charge in [-0.3, -0.25) is 14.9 Å². The molecule has 0 unspecified atom stereocenters. The summed E-state index contributed by atoms with van der Waals surface area (Å²) in [6, 6.07) is 8.36. The first-order valence-corrected chi connectivity index (χ1v) is 6.98. The van der Waals surface area contributed by atoms with Crippen LogP contribution in [0.15, 0.2) is 36.4 Å². The zero-order valence-electron chi connectivity index (χ0n) is 10.9. The van der Waals surface area contributed by atoms with Crippen LogP contribution in [0.5, 0.6) is 0 Å². The number of benzene rings is 2. The molecule has 0 atom stereocenters. The third kappa shape index (κ3) is 3.35. The summed E-state index contributed by atoms with van der Waals surface area (Å²) < 4.78 is 14.0. The van der Waals surface area contributed by atoms with Crippen molar-refractivity contribution in [1.29, 1.82) is 0 Å². The smallest absolute Gasteiger partial charge is 0.270 e. The first-order chi connectivity index (χ1) is 9.90. The Hall–Kier alpha value is -2.03. The first-order valence-electron chi connectivity index (χ1n) is 5.90. The van der Waals surface area contributed by atoms with Crippen LogP contribution in [0.1, 0.15) is 15.9 Å². The van der Waals surface area contributed by atoms with Gasteiger partial charge in [0.1, 0.15) is 5.82 Å². The van der Waals surface area contributed by atoms with E-state index in [1.807, 2.05) is 22.6 Å². The predicted octanol–water partition coefficient (Wildman–Crippen LogP) is 3.90. The van der Waals surface area contributed by atoms with Crippen molar-refractivity contribution < 1.29 is 14.1 Å². The SMILES string of the molecule is Cc1c(F)cccc1NC(=O)c1cc([N+](=O)[O-])ccc1I. The summed E-state index contributed by atoms with van der Waals surface area (Å²) in [6.07, 6.45) is 0. The Morgan fingerprint density at radius 3 is 2.71 bits per heavy atom. The van der Waals surface area contributed by atoms with Crippen LogP contribution >= 0.6 is 22.6 Å². The molecule has 2 aromatic rings. The third-order valence-electron chi connectivity index (χ3n) is 2.92. The molecule has 0 bridgehead atoms. The van der Waals surface area contributed by atoms with Gasteiger partial charge in [0.05, 0.1) is 10.5 Å². The quantitative estimate of drug-likeness (QED) is 0.483. The van der Waals surface area contributed by atoms with E-state index in [2.05, 4.69) is 5.32 Å². The molecule has 21 heavy (non-hydrogen) atoms. The number of nitrogens with one attached hydrogen (secondary N) is 1. The summed E-state index contributed by atoms with van der Waals surface area (Å²) in [7, 11) is 0. The van der Waals surface area contributed by atoms with Gasteiger partial charge >= 0.3 is 0 Å². The fourth-order valence-electron chi connectivity index (χ4n) is 1.73. The maximum absolute atomic E-state index is 13.4. The van der Waals surface area contributed by atoms with Crippen LogP contribution in [0.2, 0.25) is 0 Å². The lowest BCUT2D eigenvalue weighted by Gasteiger charge is -2.10. The Morgan fingerprint density at radius 2 is 2.05 bits per heavy atom. The van der Waals surface area contributed by atoms with E-state index >= 15 is 0 Å². The molecule has 2 aromatic carbocycles. The monoisotopic (exact) mass is 400 g/mol. The number of anilines is 1. The highest BCUT2D eigenvalue weighted by molar-refractivity contribution is 14.1. The number of nitrogens with zero attached hydrogens (tertiary/aromatic N) is 1. The van der Waals surface area contributed by atoms with E-state index in [9.17, 15) is 19.3 Å². The predicted molar refractivity (Wildman–Crippen MR) is 84.9 cm³/mol. The van der Waals surface area contributed by atoms with E-state index in [0.717, 1.165) is 0 Å². The third-order valence-corrected chi connectivity index (χ3v) is 3.86. The maximum atomic E-state index is 13.4.